The molecule has 2 aromatic carbocycles. The van der Waals surface area contributed by atoms with E-state index in [1.165, 1.54) is 21.9 Å². The van der Waals surface area contributed by atoms with E-state index in [9.17, 15) is 0 Å². The first-order chi connectivity index (χ1) is 9.16. The molecule has 3 rings (SSSR count). The number of nitrogens with two attached hydrogens (primary N) is 1. The number of hydrogen-bond donors (Lipinski definition) is 1. The number of fused-ring (bicyclic) bond motifs is 1. The highest BCUT2D eigenvalue weighted by atomic mass is 14.8. The van der Waals surface area contributed by atoms with Gasteiger partial charge in [-0.15, -0.1) is 0 Å². The van der Waals surface area contributed by atoms with Crippen molar-refractivity contribution in [3.05, 3.63) is 59.8 Å². The largest absolute Gasteiger partial charge is 0.384 e. The average molecular weight is 248 g/mol. The van der Waals surface area contributed by atoms with Crippen LogP contribution in [0.3, 0.4) is 0 Å². The monoisotopic (exact) mass is 248 g/mol. The van der Waals surface area contributed by atoms with Crippen molar-refractivity contribution < 1.29 is 0 Å². The third-order valence-electron chi connectivity index (χ3n) is 3.54. The van der Waals surface area contributed by atoms with Gasteiger partial charge >= 0.3 is 0 Å². The average Bonchev–Trinajstić information content (AvgIpc) is 2.40. The van der Waals surface area contributed by atoms with Gasteiger partial charge in [0.25, 0.3) is 0 Å². The number of aromatic nitrogens is 1. The van der Waals surface area contributed by atoms with Crippen molar-refractivity contribution in [2.75, 3.05) is 5.73 Å². The van der Waals surface area contributed by atoms with Crippen LogP contribution in [0.2, 0.25) is 0 Å². The number of nitrogens with zero attached hydrogens (tertiary/aromatic N) is 1. The molecule has 0 radical (unpaired) electrons. The van der Waals surface area contributed by atoms with Gasteiger partial charge in [0.15, 0.2) is 0 Å². The van der Waals surface area contributed by atoms with E-state index in [4.69, 9.17) is 5.73 Å². The first-order valence-electron chi connectivity index (χ1n) is 6.37. The summed E-state index contributed by atoms with van der Waals surface area (Å²) in [7, 11) is 0. The number of anilines is 1. The Labute approximate surface area is 112 Å². The summed E-state index contributed by atoms with van der Waals surface area (Å²) in [4.78, 5) is 4.24. The van der Waals surface area contributed by atoms with Gasteiger partial charge < -0.3 is 5.73 Å². The molecule has 0 saturated carbocycles. The van der Waals surface area contributed by atoms with Gasteiger partial charge in [0.1, 0.15) is 5.82 Å². The highest BCUT2D eigenvalue weighted by molar-refractivity contribution is 5.98. The van der Waals surface area contributed by atoms with Crippen LogP contribution in [0.25, 0.3) is 21.9 Å². The molecular weight excluding hydrogens is 232 g/mol. The molecule has 0 bridgehead atoms. The molecule has 0 unspecified atom stereocenters. The lowest BCUT2D eigenvalue weighted by molar-refractivity contribution is 1.29. The van der Waals surface area contributed by atoms with E-state index in [0.29, 0.717) is 5.82 Å². The number of hydrogen-bond acceptors (Lipinski definition) is 2. The van der Waals surface area contributed by atoms with Crippen LogP contribution in [-0.4, -0.2) is 4.98 Å². The van der Waals surface area contributed by atoms with Crippen molar-refractivity contribution >= 4 is 16.6 Å². The number of pyridine rings is 1. The molecule has 94 valence electrons. The van der Waals surface area contributed by atoms with Crippen LogP contribution >= 0.6 is 0 Å². The van der Waals surface area contributed by atoms with Gasteiger partial charge in [-0.25, -0.2) is 4.98 Å². The fraction of sp³-hybridized carbons (Fsp3) is 0.118. The van der Waals surface area contributed by atoms with E-state index >= 15 is 0 Å². The Morgan fingerprint density at radius 1 is 0.947 bits per heavy atom. The lowest BCUT2D eigenvalue weighted by Gasteiger charge is -2.13. The second-order valence-electron chi connectivity index (χ2n) is 4.90. The first-order valence-corrected chi connectivity index (χ1v) is 6.37. The van der Waals surface area contributed by atoms with E-state index in [1.54, 1.807) is 0 Å². The zero-order chi connectivity index (χ0) is 13.4. The highest BCUT2D eigenvalue weighted by Gasteiger charge is 2.10. The number of rotatable bonds is 1. The van der Waals surface area contributed by atoms with Crippen LogP contribution in [-0.2, 0) is 0 Å². The third kappa shape index (κ3) is 1.95. The molecule has 0 amide bonds. The second kappa shape index (κ2) is 4.39. The predicted molar refractivity (Wildman–Crippen MR) is 81.1 cm³/mol. The van der Waals surface area contributed by atoms with Crippen LogP contribution < -0.4 is 5.73 Å². The molecule has 2 nitrogen and oxygen atoms in total. The lowest BCUT2D eigenvalue weighted by Crippen LogP contribution is -1.94. The Bertz CT molecular complexity index is 760. The molecule has 3 aromatic rings. The molecule has 0 aliphatic carbocycles. The van der Waals surface area contributed by atoms with E-state index in [0.717, 1.165) is 11.1 Å². The summed E-state index contributed by atoms with van der Waals surface area (Å²) in [5.74, 6) is 0.569. The molecule has 1 aromatic heterocycles. The maximum Gasteiger partial charge on any atom is 0.123 e. The van der Waals surface area contributed by atoms with Crippen molar-refractivity contribution in [3.8, 4) is 11.1 Å². The minimum absolute atomic E-state index is 0.569. The van der Waals surface area contributed by atoms with Gasteiger partial charge in [-0.05, 0) is 47.4 Å². The Morgan fingerprint density at radius 3 is 2.53 bits per heavy atom. The Balaban J connectivity index is 2.38. The Hall–Kier alpha value is -2.35. The van der Waals surface area contributed by atoms with Crippen LogP contribution in [0.1, 0.15) is 11.1 Å². The molecule has 2 N–H and O–H groups in total. The second-order valence-corrected chi connectivity index (χ2v) is 4.90. The van der Waals surface area contributed by atoms with Gasteiger partial charge in [0, 0.05) is 11.8 Å². The smallest absolute Gasteiger partial charge is 0.123 e. The quantitative estimate of drug-likeness (QED) is 0.704. The number of nitrogen functional groups attached to an aromatic ring is 1. The molecule has 0 spiro atoms. The van der Waals surface area contributed by atoms with E-state index in [-0.39, 0.29) is 0 Å². The normalized spacial score (nSPS) is 10.8. The zero-order valence-electron chi connectivity index (χ0n) is 11.1. The van der Waals surface area contributed by atoms with E-state index in [2.05, 4.69) is 55.2 Å². The summed E-state index contributed by atoms with van der Waals surface area (Å²) in [6, 6.07) is 14.7. The summed E-state index contributed by atoms with van der Waals surface area (Å²) in [5, 5.41) is 2.51. The zero-order valence-corrected chi connectivity index (χ0v) is 11.1. The summed E-state index contributed by atoms with van der Waals surface area (Å²) >= 11 is 0. The minimum atomic E-state index is 0.569. The summed E-state index contributed by atoms with van der Waals surface area (Å²) in [5.41, 5.74) is 10.6. The summed E-state index contributed by atoms with van der Waals surface area (Å²) in [6.07, 6.45) is 1.87. The summed E-state index contributed by atoms with van der Waals surface area (Å²) < 4.78 is 0. The van der Waals surface area contributed by atoms with Gasteiger partial charge in [-0.1, -0.05) is 36.4 Å². The third-order valence-corrected chi connectivity index (χ3v) is 3.54. The fourth-order valence-electron chi connectivity index (χ4n) is 2.58. The molecule has 19 heavy (non-hydrogen) atoms. The first kappa shape index (κ1) is 11.7. The molecule has 0 atom stereocenters. The molecule has 0 aliphatic heterocycles. The minimum Gasteiger partial charge on any atom is -0.384 e. The van der Waals surface area contributed by atoms with Gasteiger partial charge in [-0.3, -0.25) is 0 Å². The van der Waals surface area contributed by atoms with Crippen molar-refractivity contribution in [1.29, 1.82) is 0 Å². The van der Waals surface area contributed by atoms with Crippen molar-refractivity contribution in [2.45, 2.75) is 13.8 Å². The van der Waals surface area contributed by atoms with Crippen LogP contribution in [0, 0.1) is 13.8 Å². The Kier molecular flexibility index (Phi) is 2.71. The summed E-state index contributed by atoms with van der Waals surface area (Å²) in [6.45, 7) is 4.21. The van der Waals surface area contributed by atoms with Crippen molar-refractivity contribution in [2.24, 2.45) is 0 Å². The molecular formula is C17H16N2. The van der Waals surface area contributed by atoms with Crippen LogP contribution in [0.4, 0.5) is 5.82 Å². The molecule has 0 fully saturated rings. The maximum absolute atomic E-state index is 5.75. The van der Waals surface area contributed by atoms with Gasteiger partial charge in [0.05, 0.1) is 0 Å². The topological polar surface area (TPSA) is 38.9 Å². The molecule has 1 heterocycles. The maximum atomic E-state index is 5.75. The highest BCUT2D eigenvalue weighted by Crippen LogP contribution is 2.33. The van der Waals surface area contributed by atoms with Crippen molar-refractivity contribution in [1.82, 2.24) is 4.98 Å². The SMILES string of the molecule is Cc1cc(N)ncc1-c1c(C)ccc2ccccc12. The Morgan fingerprint density at radius 2 is 1.74 bits per heavy atom. The van der Waals surface area contributed by atoms with E-state index < -0.39 is 0 Å². The molecule has 0 aliphatic rings. The van der Waals surface area contributed by atoms with Crippen molar-refractivity contribution in [3.63, 3.8) is 0 Å². The predicted octanol–water partition coefficient (Wildman–Crippen LogP) is 4.10. The van der Waals surface area contributed by atoms with E-state index in [1.807, 2.05) is 12.3 Å². The van der Waals surface area contributed by atoms with Gasteiger partial charge in [-0.2, -0.15) is 0 Å². The number of benzene rings is 2. The lowest BCUT2D eigenvalue weighted by atomic mass is 9.92. The standard InChI is InChI=1S/C17H16N2/c1-11-7-8-13-5-3-4-6-14(13)17(11)15-10-19-16(18)9-12(15)2/h3-10H,1-2H3,(H2,18,19). The fourth-order valence-corrected chi connectivity index (χ4v) is 2.58. The molecule has 2 heteroatoms. The molecule has 0 saturated heterocycles. The number of aryl methyl sites for hydroxylation is 2. The van der Waals surface area contributed by atoms with Crippen LogP contribution in [0.5, 0.6) is 0 Å². The van der Waals surface area contributed by atoms with Gasteiger partial charge in [0.2, 0.25) is 0 Å². The van der Waals surface area contributed by atoms with Crippen LogP contribution in [0.15, 0.2) is 48.7 Å².